The summed E-state index contributed by atoms with van der Waals surface area (Å²) >= 11 is 5.33. The number of benzene rings is 1. The van der Waals surface area contributed by atoms with Gasteiger partial charge in [0, 0.05) is 16.0 Å². The van der Waals surface area contributed by atoms with Gasteiger partial charge in [-0.15, -0.1) is 11.3 Å². The van der Waals surface area contributed by atoms with Crippen LogP contribution in [-0.4, -0.2) is 11.5 Å². The molecule has 2 aromatic heterocycles. The number of hydrogen-bond donors (Lipinski definition) is 1. The number of hydrogen-bond acceptors (Lipinski definition) is 3. The summed E-state index contributed by atoms with van der Waals surface area (Å²) < 4.78 is 1.17. The fraction of sp³-hybridized carbons (Fsp3) is 0.235. The minimum atomic E-state index is 0.233. The topological polar surface area (TPSA) is 24.9 Å². The van der Waals surface area contributed by atoms with Crippen molar-refractivity contribution < 1.29 is 0 Å². The fourth-order valence-electron chi connectivity index (χ4n) is 2.50. The van der Waals surface area contributed by atoms with E-state index >= 15 is 0 Å². The molecule has 0 saturated carbocycles. The van der Waals surface area contributed by atoms with Crippen LogP contribution in [0.3, 0.4) is 0 Å². The first-order chi connectivity index (χ1) is 10.2. The van der Waals surface area contributed by atoms with Gasteiger partial charge in [-0.2, -0.15) is 0 Å². The zero-order valence-corrected chi connectivity index (χ0v) is 14.5. The Morgan fingerprint density at radius 1 is 1.19 bits per heavy atom. The summed E-state index contributed by atoms with van der Waals surface area (Å²) in [7, 11) is 0. The molecule has 3 rings (SSSR count). The normalized spacial score (nSPS) is 12.7. The molecule has 0 aliphatic heterocycles. The molecule has 0 aliphatic carbocycles. The van der Waals surface area contributed by atoms with Crippen LogP contribution in [0.1, 0.15) is 29.1 Å². The Labute approximate surface area is 137 Å². The maximum Gasteiger partial charge on any atom is 0.0705 e. The van der Waals surface area contributed by atoms with E-state index in [1.54, 1.807) is 11.3 Å². The lowest BCUT2D eigenvalue weighted by atomic mass is 10.0. The average Bonchev–Trinajstić information content (AvgIpc) is 2.90. The zero-order chi connectivity index (χ0) is 14.8. The van der Waals surface area contributed by atoms with Crippen molar-refractivity contribution in [2.45, 2.75) is 19.9 Å². The molecule has 0 spiro atoms. The van der Waals surface area contributed by atoms with Crippen LogP contribution in [0.5, 0.6) is 0 Å². The van der Waals surface area contributed by atoms with Crippen molar-refractivity contribution in [2.24, 2.45) is 0 Å². The Bertz CT molecular complexity index is 766. The molecule has 2 heterocycles. The Kier molecular flexibility index (Phi) is 4.38. The molecular formula is C17H17BrN2S. The van der Waals surface area contributed by atoms with E-state index in [2.05, 4.69) is 75.6 Å². The molecule has 0 fully saturated rings. The van der Waals surface area contributed by atoms with Crippen molar-refractivity contribution in [1.29, 1.82) is 0 Å². The minimum absolute atomic E-state index is 0.233. The maximum absolute atomic E-state index is 4.57. The van der Waals surface area contributed by atoms with Gasteiger partial charge in [0.05, 0.1) is 15.3 Å². The SMILES string of the molecule is CCNC(c1ccc2nc(C)ccc2c1)c1ccc(Br)s1. The number of aryl methyl sites for hydroxylation is 1. The second kappa shape index (κ2) is 6.26. The van der Waals surface area contributed by atoms with Gasteiger partial charge in [0.1, 0.15) is 0 Å². The molecule has 0 aliphatic rings. The van der Waals surface area contributed by atoms with Gasteiger partial charge in [-0.1, -0.05) is 19.1 Å². The second-order valence-corrected chi connectivity index (χ2v) is 7.53. The summed E-state index contributed by atoms with van der Waals surface area (Å²) in [6.07, 6.45) is 0. The molecule has 0 radical (unpaired) electrons. The van der Waals surface area contributed by atoms with E-state index in [-0.39, 0.29) is 6.04 Å². The number of fused-ring (bicyclic) bond motifs is 1. The third kappa shape index (κ3) is 3.18. The number of halogens is 1. The number of rotatable bonds is 4. The molecular weight excluding hydrogens is 344 g/mol. The number of thiophene rings is 1. The third-order valence-corrected chi connectivity index (χ3v) is 5.16. The number of pyridine rings is 1. The zero-order valence-electron chi connectivity index (χ0n) is 12.1. The maximum atomic E-state index is 4.57. The molecule has 0 saturated heterocycles. The highest BCUT2D eigenvalue weighted by Gasteiger charge is 2.15. The monoisotopic (exact) mass is 360 g/mol. The first kappa shape index (κ1) is 14.7. The predicted molar refractivity (Wildman–Crippen MR) is 94.0 cm³/mol. The van der Waals surface area contributed by atoms with Crippen LogP contribution in [0, 0.1) is 6.92 Å². The highest BCUT2D eigenvalue weighted by atomic mass is 79.9. The van der Waals surface area contributed by atoms with Crippen molar-refractivity contribution >= 4 is 38.2 Å². The molecule has 0 bridgehead atoms. The number of nitrogens with one attached hydrogen (secondary N) is 1. The molecule has 2 nitrogen and oxygen atoms in total. The van der Waals surface area contributed by atoms with Crippen LogP contribution in [0.25, 0.3) is 10.9 Å². The van der Waals surface area contributed by atoms with E-state index in [9.17, 15) is 0 Å². The first-order valence-corrected chi connectivity index (χ1v) is 8.64. The van der Waals surface area contributed by atoms with E-state index in [0.29, 0.717) is 0 Å². The van der Waals surface area contributed by atoms with Crippen molar-refractivity contribution in [1.82, 2.24) is 10.3 Å². The lowest BCUT2D eigenvalue weighted by Gasteiger charge is -2.17. The number of nitrogens with zero attached hydrogens (tertiary/aromatic N) is 1. The van der Waals surface area contributed by atoms with Gasteiger partial charge in [-0.05, 0) is 65.3 Å². The Morgan fingerprint density at radius 3 is 2.76 bits per heavy atom. The Morgan fingerprint density at radius 2 is 2.05 bits per heavy atom. The lowest BCUT2D eigenvalue weighted by Crippen LogP contribution is -2.21. The highest BCUT2D eigenvalue weighted by molar-refractivity contribution is 9.11. The molecule has 1 aromatic carbocycles. The summed E-state index contributed by atoms with van der Waals surface area (Å²) in [5, 5.41) is 4.77. The summed E-state index contributed by atoms with van der Waals surface area (Å²) in [6, 6.07) is 15.3. The van der Waals surface area contributed by atoms with Crippen molar-refractivity contribution in [2.75, 3.05) is 6.54 Å². The van der Waals surface area contributed by atoms with Gasteiger partial charge in [-0.25, -0.2) is 0 Å². The summed E-state index contributed by atoms with van der Waals surface area (Å²) in [6.45, 7) is 5.10. The molecule has 108 valence electrons. The van der Waals surface area contributed by atoms with Crippen LogP contribution in [0.2, 0.25) is 0 Å². The van der Waals surface area contributed by atoms with Crippen LogP contribution in [0.4, 0.5) is 0 Å². The van der Waals surface area contributed by atoms with Crippen LogP contribution in [-0.2, 0) is 0 Å². The summed E-state index contributed by atoms with van der Waals surface area (Å²) in [4.78, 5) is 5.90. The standard InChI is InChI=1S/C17H17BrN2S/c1-3-19-17(15-8-9-16(18)21-15)13-6-7-14-12(10-13)5-4-11(2)20-14/h4-10,17,19H,3H2,1-2H3. The molecule has 1 N–H and O–H groups in total. The Balaban J connectivity index is 2.04. The van der Waals surface area contributed by atoms with Gasteiger partial charge in [-0.3, -0.25) is 4.98 Å². The lowest BCUT2D eigenvalue weighted by molar-refractivity contribution is 0.640. The Hall–Kier alpha value is -1.23. The van der Waals surface area contributed by atoms with Gasteiger partial charge in [0.15, 0.2) is 0 Å². The van der Waals surface area contributed by atoms with Crippen molar-refractivity contribution in [3.63, 3.8) is 0 Å². The smallest absolute Gasteiger partial charge is 0.0705 e. The van der Waals surface area contributed by atoms with E-state index in [4.69, 9.17) is 0 Å². The molecule has 4 heteroatoms. The van der Waals surface area contributed by atoms with Gasteiger partial charge in [0.25, 0.3) is 0 Å². The fourth-order valence-corrected chi connectivity index (χ4v) is 4.02. The summed E-state index contributed by atoms with van der Waals surface area (Å²) in [5.41, 5.74) is 3.39. The van der Waals surface area contributed by atoms with Gasteiger partial charge >= 0.3 is 0 Å². The molecule has 21 heavy (non-hydrogen) atoms. The summed E-state index contributed by atoms with van der Waals surface area (Å²) in [5.74, 6) is 0. The van der Waals surface area contributed by atoms with E-state index in [1.807, 2.05) is 6.92 Å². The molecule has 0 amide bonds. The van der Waals surface area contributed by atoms with Crippen molar-refractivity contribution in [3.8, 4) is 0 Å². The van der Waals surface area contributed by atoms with E-state index < -0.39 is 0 Å². The third-order valence-electron chi connectivity index (χ3n) is 3.47. The molecule has 3 aromatic rings. The minimum Gasteiger partial charge on any atom is -0.306 e. The quantitative estimate of drug-likeness (QED) is 0.702. The predicted octanol–water partition coefficient (Wildman–Crippen LogP) is 5.07. The largest absolute Gasteiger partial charge is 0.306 e. The molecule has 1 atom stereocenters. The number of aromatic nitrogens is 1. The van der Waals surface area contributed by atoms with Crippen LogP contribution < -0.4 is 5.32 Å². The van der Waals surface area contributed by atoms with Gasteiger partial charge < -0.3 is 5.32 Å². The van der Waals surface area contributed by atoms with E-state index in [0.717, 1.165) is 17.8 Å². The first-order valence-electron chi connectivity index (χ1n) is 7.03. The van der Waals surface area contributed by atoms with Gasteiger partial charge in [0.2, 0.25) is 0 Å². The second-order valence-electron chi connectivity index (χ2n) is 5.04. The van der Waals surface area contributed by atoms with E-state index in [1.165, 1.54) is 19.6 Å². The average molecular weight is 361 g/mol. The highest BCUT2D eigenvalue weighted by Crippen LogP contribution is 2.32. The van der Waals surface area contributed by atoms with Crippen LogP contribution in [0.15, 0.2) is 46.3 Å². The molecule has 1 unspecified atom stereocenters. The van der Waals surface area contributed by atoms with Crippen molar-refractivity contribution in [3.05, 3.63) is 62.4 Å². The van der Waals surface area contributed by atoms with Crippen LogP contribution >= 0.6 is 27.3 Å².